The number of piperidine rings is 1. The molecule has 0 spiro atoms. The maximum atomic E-state index is 12.5. The number of sulfonamides is 1. The van der Waals surface area contributed by atoms with Crippen LogP contribution in [-0.2, 0) is 10.0 Å². The van der Waals surface area contributed by atoms with E-state index in [9.17, 15) is 13.2 Å². The average Bonchev–Trinajstić information content (AvgIpc) is 2.70. The van der Waals surface area contributed by atoms with Crippen molar-refractivity contribution in [3.8, 4) is 11.5 Å². The first kappa shape index (κ1) is 20.4. The number of hydrogen-bond acceptors (Lipinski definition) is 4. The molecule has 1 aliphatic rings. The van der Waals surface area contributed by atoms with Crippen molar-refractivity contribution in [2.75, 3.05) is 18.8 Å². The summed E-state index contributed by atoms with van der Waals surface area (Å²) in [7, 11) is -3.16. The Labute approximate surface area is 166 Å². The molecule has 28 heavy (non-hydrogen) atoms. The number of carbonyl (C=O) groups excluding carboxylic acids is 1. The van der Waals surface area contributed by atoms with E-state index < -0.39 is 10.0 Å². The smallest absolute Gasteiger partial charge is 0.251 e. The lowest BCUT2D eigenvalue weighted by atomic mass is 10.1. The summed E-state index contributed by atoms with van der Waals surface area (Å²) in [4.78, 5) is 12.5. The number of nitrogens with zero attached hydrogens (tertiary/aromatic N) is 1. The zero-order chi connectivity index (χ0) is 20.0. The van der Waals surface area contributed by atoms with Gasteiger partial charge in [-0.3, -0.25) is 4.79 Å². The van der Waals surface area contributed by atoms with Crippen LogP contribution in [-0.4, -0.2) is 43.5 Å². The van der Waals surface area contributed by atoms with E-state index in [2.05, 4.69) is 5.32 Å². The van der Waals surface area contributed by atoms with Gasteiger partial charge in [0.2, 0.25) is 10.0 Å². The average molecular weight is 403 g/mol. The fourth-order valence-corrected chi connectivity index (χ4v) is 4.77. The number of carbonyl (C=O) groups is 1. The second kappa shape index (κ2) is 9.21. The lowest BCUT2D eigenvalue weighted by molar-refractivity contribution is 0.0924. The molecule has 1 N–H and O–H groups in total. The molecule has 0 bridgehead atoms. The number of ether oxygens (including phenoxy) is 1. The molecule has 1 heterocycles. The molecule has 7 heteroatoms. The van der Waals surface area contributed by atoms with Crippen LogP contribution in [0.25, 0.3) is 0 Å². The van der Waals surface area contributed by atoms with Crippen molar-refractivity contribution in [1.82, 2.24) is 9.62 Å². The molecule has 3 rings (SSSR count). The van der Waals surface area contributed by atoms with Gasteiger partial charge in [-0.2, -0.15) is 0 Å². The molecule has 1 amide bonds. The summed E-state index contributed by atoms with van der Waals surface area (Å²) in [5, 5.41) is 3.01. The summed E-state index contributed by atoms with van der Waals surface area (Å²) in [5.74, 6) is 1.43. The van der Waals surface area contributed by atoms with Crippen molar-refractivity contribution >= 4 is 15.9 Å². The number of para-hydroxylation sites is 1. The highest BCUT2D eigenvalue weighted by Crippen LogP contribution is 2.21. The van der Waals surface area contributed by atoms with Gasteiger partial charge in [-0.05, 0) is 55.7 Å². The first-order chi connectivity index (χ1) is 13.5. The van der Waals surface area contributed by atoms with Crippen LogP contribution in [0.5, 0.6) is 11.5 Å². The van der Waals surface area contributed by atoms with Crippen molar-refractivity contribution in [3.63, 3.8) is 0 Å². The molecule has 150 valence electrons. The minimum atomic E-state index is -3.16. The van der Waals surface area contributed by atoms with Gasteiger partial charge in [0.1, 0.15) is 11.5 Å². The predicted octanol–water partition coefficient (Wildman–Crippen LogP) is 3.41. The summed E-state index contributed by atoms with van der Waals surface area (Å²) in [5.41, 5.74) is 0.557. The van der Waals surface area contributed by atoms with E-state index in [-0.39, 0.29) is 17.7 Å². The first-order valence-electron chi connectivity index (χ1n) is 9.59. The molecule has 0 atom stereocenters. The summed E-state index contributed by atoms with van der Waals surface area (Å²) in [6.07, 6.45) is 1.87. The highest BCUT2D eigenvalue weighted by atomic mass is 32.2. The lowest BCUT2D eigenvalue weighted by Gasteiger charge is -2.31. The van der Waals surface area contributed by atoms with Crippen molar-refractivity contribution in [2.45, 2.75) is 32.2 Å². The van der Waals surface area contributed by atoms with Crippen LogP contribution in [0.4, 0.5) is 0 Å². The van der Waals surface area contributed by atoms with E-state index >= 15 is 0 Å². The van der Waals surface area contributed by atoms with E-state index in [1.807, 2.05) is 37.3 Å². The highest BCUT2D eigenvalue weighted by molar-refractivity contribution is 7.89. The monoisotopic (exact) mass is 402 g/mol. The van der Waals surface area contributed by atoms with Crippen LogP contribution in [0.15, 0.2) is 54.6 Å². The van der Waals surface area contributed by atoms with Crippen LogP contribution in [0.2, 0.25) is 0 Å². The number of benzene rings is 2. The standard InChI is InChI=1S/C21H26N2O4S/c1-2-16-28(25,26)23-14-12-18(13-15-23)22-21(24)17-8-10-20(11-9-17)27-19-6-4-3-5-7-19/h3-11,18H,2,12-16H2,1H3,(H,22,24). The van der Waals surface area contributed by atoms with Gasteiger partial charge in [-0.25, -0.2) is 12.7 Å². The lowest BCUT2D eigenvalue weighted by Crippen LogP contribution is -2.47. The third-order valence-electron chi connectivity index (χ3n) is 4.74. The molecule has 0 aromatic heterocycles. The van der Waals surface area contributed by atoms with E-state index in [1.54, 1.807) is 24.3 Å². The zero-order valence-corrected chi connectivity index (χ0v) is 16.8. The van der Waals surface area contributed by atoms with Gasteiger partial charge in [0.15, 0.2) is 0 Å². The summed E-state index contributed by atoms with van der Waals surface area (Å²) < 4.78 is 31.5. The van der Waals surface area contributed by atoms with Crippen LogP contribution in [0.3, 0.4) is 0 Å². The summed E-state index contributed by atoms with van der Waals surface area (Å²) in [6.45, 7) is 2.77. The molecule has 1 fully saturated rings. The topological polar surface area (TPSA) is 75.7 Å². The summed E-state index contributed by atoms with van der Waals surface area (Å²) in [6, 6.07) is 16.4. The maximum absolute atomic E-state index is 12.5. The third-order valence-corrected chi connectivity index (χ3v) is 6.82. The number of nitrogens with one attached hydrogen (secondary N) is 1. The van der Waals surface area contributed by atoms with Crippen LogP contribution in [0.1, 0.15) is 36.5 Å². The molecule has 1 aliphatic heterocycles. The zero-order valence-electron chi connectivity index (χ0n) is 16.0. The van der Waals surface area contributed by atoms with Crippen LogP contribution in [0, 0.1) is 0 Å². The molecular formula is C21H26N2O4S. The highest BCUT2D eigenvalue weighted by Gasteiger charge is 2.28. The third kappa shape index (κ3) is 5.33. The van der Waals surface area contributed by atoms with Gasteiger partial charge < -0.3 is 10.1 Å². The molecule has 2 aromatic rings. The van der Waals surface area contributed by atoms with Crippen LogP contribution >= 0.6 is 0 Å². The molecule has 1 saturated heterocycles. The van der Waals surface area contributed by atoms with Gasteiger partial charge in [0, 0.05) is 24.7 Å². The quantitative estimate of drug-likeness (QED) is 0.770. The van der Waals surface area contributed by atoms with Gasteiger partial charge in [0.05, 0.1) is 5.75 Å². The number of hydrogen-bond donors (Lipinski definition) is 1. The van der Waals surface area contributed by atoms with E-state index in [0.717, 1.165) is 5.75 Å². The SMILES string of the molecule is CCCS(=O)(=O)N1CCC(NC(=O)c2ccc(Oc3ccccc3)cc2)CC1. The van der Waals surface area contributed by atoms with Crippen LogP contribution < -0.4 is 10.1 Å². The Balaban J connectivity index is 1.51. The van der Waals surface area contributed by atoms with Crippen molar-refractivity contribution in [3.05, 3.63) is 60.2 Å². The summed E-state index contributed by atoms with van der Waals surface area (Å²) >= 11 is 0. The normalized spacial score (nSPS) is 15.9. The Bertz CT molecular complexity index is 874. The molecular weight excluding hydrogens is 376 g/mol. The Morgan fingerprint density at radius 2 is 1.64 bits per heavy atom. The molecule has 6 nitrogen and oxygen atoms in total. The van der Waals surface area contributed by atoms with Crippen molar-refractivity contribution in [1.29, 1.82) is 0 Å². The number of amides is 1. The Hall–Kier alpha value is -2.38. The molecule has 0 radical (unpaired) electrons. The second-order valence-corrected chi connectivity index (χ2v) is 8.99. The Morgan fingerprint density at radius 1 is 1.04 bits per heavy atom. The molecule has 0 unspecified atom stereocenters. The van der Waals surface area contributed by atoms with Gasteiger partial charge in [-0.1, -0.05) is 25.1 Å². The van der Waals surface area contributed by atoms with Gasteiger partial charge in [-0.15, -0.1) is 0 Å². The van der Waals surface area contributed by atoms with E-state index in [0.29, 0.717) is 43.7 Å². The van der Waals surface area contributed by atoms with Gasteiger partial charge in [0.25, 0.3) is 5.91 Å². The fraction of sp³-hybridized carbons (Fsp3) is 0.381. The van der Waals surface area contributed by atoms with Crippen molar-refractivity contribution in [2.24, 2.45) is 0 Å². The molecule has 0 saturated carbocycles. The Kier molecular flexibility index (Phi) is 6.70. The fourth-order valence-electron chi connectivity index (χ4n) is 3.23. The minimum Gasteiger partial charge on any atom is -0.457 e. The molecule has 2 aromatic carbocycles. The van der Waals surface area contributed by atoms with E-state index in [4.69, 9.17) is 4.74 Å². The largest absolute Gasteiger partial charge is 0.457 e. The Morgan fingerprint density at radius 3 is 2.25 bits per heavy atom. The van der Waals surface area contributed by atoms with Crippen molar-refractivity contribution < 1.29 is 17.9 Å². The predicted molar refractivity (Wildman–Crippen MR) is 109 cm³/mol. The van der Waals surface area contributed by atoms with E-state index in [1.165, 1.54) is 4.31 Å². The first-order valence-corrected chi connectivity index (χ1v) is 11.2. The number of rotatable bonds is 7. The maximum Gasteiger partial charge on any atom is 0.251 e. The second-order valence-electron chi connectivity index (χ2n) is 6.90. The molecule has 0 aliphatic carbocycles. The van der Waals surface area contributed by atoms with Gasteiger partial charge >= 0.3 is 0 Å². The minimum absolute atomic E-state index is 0.0131.